The van der Waals surface area contributed by atoms with E-state index in [-0.39, 0.29) is 11.6 Å². The molecular formula is C24H14F2N6. The van der Waals surface area contributed by atoms with Gasteiger partial charge in [-0.2, -0.15) is 5.10 Å². The third kappa shape index (κ3) is 2.84. The lowest BCUT2D eigenvalue weighted by Gasteiger charge is -2.03. The zero-order valence-corrected chi connectivity index (χ0v) is 16.5. The van der Waals surface area contributed by atoms with Gasteiger partial charge in [-0.3, -0.25) is 15.1 Å². The van der Waals surface area contributed by atoms with Crippen molar-refractivity contribution in [2.75, 3.05) is 0 Å². The fourth-order valence-corrected chi connectivity index (χ4v) is 3.86. The van der Waals surface area contributed by atoms with Crippen LogP contribution in [0.2, 0.25) is 0 Å². The molecular weight excluding hydrogens is 410 g/mol. The molecule has 0 radical (unpaired) electrons. The molecule has 0 aliphatic carbocycles. The van der Waals surface area contributed by atoms with Gasteiger partial charge in [0.25, 0.3) is 0 Å². The van der Waals surface area contributed by atoms with Crippen LogP contribution in [0.5, 0.6) is 0 Å². The van der Waals surface area contributed by atoms with Crippen LogP contribution in [0.25, 0.3) is 55.8 Å². The zero-order valence-electron chi connectivity index (χ0n) is 16.5. The van der Waals surface area contributed by atoms with E-state index in [9.17, 15) is 8.78 Å². The van der Waals surface area contributed by atoms with Gasteiger partial charge in [0.1, 0.15) is 28.5 Å². The number of nitrogens with one attached hydrogen (secondary N) is 2. The summed E-state index contributed by atoms with van der Waals surface area (Å²) in [6.07, 6.45) is 4.85. The predicted molar refractivity (Wildman–Crippen MR) is 118 cm³/mol. The van der Waals surface area contributed by atoms with Crippen molar-refractivity contribution in [2.45, 2.75) is 0 Å². The van der Waals surface area contributed by atoms with Gasteiger partial charge < -0.3 is 4.98 Å². The average Bonchev–Trinajstić information content (AvgIpc) is 3.43. The standard InChI is InChI=1S/C24H14F2N6/c25-17-6-2-1-5-14(17)21-23-19(7-9-28-21)29-24(30-23)22-16-10-15(13-4-3-8-27-12-13)18(26)11-20(16)31-32-22/h1-12H,(H,29,30)(H,31,32). The van der Waals surface area contributed by atoms with E-state index in [0.717, 1.165) is 0 Å². The van der Waals surface area contributed by atoms with Crippen molar-refractivity contribution in [3.05, 3.63) is 84.8 Å². The molecule has 32 heavy (non-hydrogen) atoms. The third-order valence-corrected chi connectivity index (χ3v) is 5.38. The first-order valence-electron chi connectivity index (χ1n) is 9.87. The molecule has 2 N–H and O–H groups in total. The molecule has 0 amide bonds. The zero-order chi connectivity index (χ0) is 21.7. The maximum absolute atomic E-state index is 14.7. The number of benzene rings is 2. The molecule has 0 aliphatic heterocycles. The maximum Gasteiger partial charge on any atom is 0.159 e. The predicted octanol–water partition coefficient (Wildman–Crippen LogP) is 5.51. The number of hydrogen-bond acceptors (Lipinski definition) is 4. The molecule has 0 bridgehead atoms. The van der Waals surface area contributed by atoms with Crippen LogP contribution >= 0.6 is 0 Å². The van der Waals surface area contributed by atoms with Gasteiger partial charge in [0, 0.05) is 46.7 Å². The van der Waals surface area contributed by atoms with E-state index in [1.165, 1.54) is 12.1 Å². The Hall–Kier alpha value is -4.46. The first-order chi connectivity index (χ1) is 15.7. The summed E-state index contributed by atoms with van der Waals surface area (Å²) in [5, 5.41) is 7.92. The first-order valence-corrected chi connectivity index (χ1v) is 9.87. The first kappa shape index (κ1) is 18.3. The molecule has 4 aromatic heterocycles. The van der Waals surface area contributed by atoms with Crippen molar-refractivity contribution in [1.29, 1.82) is 0 Å². The molecule has 0 saturated carbocycles. The number of nitrogens with zero attached hydrogens (tertiary/aromatic N) is 4. The van der Waals surface area contributed by atoms with E-state index in [0.29, 0.717) is 55.8 Å². The van der Waals surface area contributed by atoms with E-state index in [1.54, 1.807) is 61.1 Å². The molecule has 6 nitrogen and oxygen atoms in total. The van der Waals surface area contributed by atoms with E-state index < -0.39 is 0 Å². The highest BCUT2D eigenvalue weighted by Crippen LogP contribution is 2.33. The second-order valence-electron chi connectivity index (χ2n) is 7.31. The van der Waals surface area contributed by atoms with Crippen LogP contribution in [0.4, 0.5) is 8.78 Å². The lowest BCUT2D eigenvalue weighted by Crippen LogP contribution is -1.89. The molecule has 6 aromatic rings. The summed E-state index contributed by atoms with van der Waals surface area (Å²) in [7, 11) is 0. The molecule has 0 saturated heterocycles. The van der Waals surface area contributed by atoms with Gasteiger partial charge in [-0.25, -0.2) is 13.8 Å². The van der Waals surface area contributed by atoms with Crippen LogP contribution in [0.1, 0.15) is 0 Å². The highest BCUT2D eigenvalue weighted by molar-refractivity contribution is 5.97. The number of pyridine rings is 2. The summed E-state index contributed by atoms with van der Waals surface area (Å²) in [4.78, 5) is 16.3. The Labute approximate surface area is 180 Å². The van der Waals surface area contributed by atoms with E-state index in [2.05, 4.69) is 30.1 Å². The van der Waals surface area contributed by atoms with Crippen molar-refractivity contribution in [3.63, 3.8) is 0 Å². The van der Waals surface area contributed by atoms with Gasteiger partial charge in [-0.15, -0.1) is 0 Å². The largest absolute Gasteiger partial charge is 0.336 e. The summed E-state index contributed by atoms with van der Waals surface area (Å²) in [5.41, 5.74) is 4.16. The Morgan fingerprint density at radius 2 is 1.69 bits per heavy atom. The lowest BCUT2D eigenvalue weighted by atomic mass is 10.0. The van der Waals surface area contributed by atoms with Gasteiger partial charge in [-0.1, -0.05) is 18.2 Å². The number of hydrogen-bond donors (Lipinski definition) is 2. The van der Waals surface area contributed by atoms with Crippen LogP contribution in [0.3, 0.4) is 0 Å². The molecule has 0 atom stereocenters. The molecule has 4 heterocycles. The molecule has 0 fully saturated rings. The molecule has 154 valence electrons. The SMILES string of the molecule is Fc1cc2[nH]nc(-c3nc4c(-c5ccccc5F)nccc4[nH]3)c2cc1-c1cccnc1. The Kier molecular flexibility index (Phi) is 4.04. The second-order valence-corrected chi connectivity index (χ2v) is 7.31. The summed E-state index contributed by atoms with van der Waals surface area (Å²) in [6, 6.07) is 14.9. The normalized spacial score (nSPS) is 11.4. The summed E-state index contributed by atoms with van der Waals surface area (Å²) in [6.45, 7) is 0. The molecule has 0 aliphatic rings. The smallest absolute Gasteiger partial charge is 0.159 e. The average molecular weight is 424 g/mol. The van der Waals surface area contributed by atoms with Gasteiger partial charge in [0.15, 0.2) is 5.82 Å². The Morgan fingerprint density at radius 3 is 2.53 bits per heavy atom. The number of imidazole rings is 1. The maximum atomic E-state index is 14.7. The van der Waals surface area contributed by atoms with Crippen LogP contribution < -0.4 is 0 Å². The molecule has 0 spiro atoms. The fraction of sp³-hybridized carbons (Fsp3) is 0. The van der Waals surface area contributed by atoms with Crippen LogP contribution in [0.15, 0.2) is 73.2 Å². The second kappa shape index (κ2) is 7.05. The molecule has 2 aromatic carbocycles. The van der Waals surface area contributed by atoms with Gasteiger partial charge >= 0.3 is 0 Å². The number of fused-ring (bicyclic) bond motifs is 2. The van der Waals surface area contributed by atoms with Crippen molar-refractivity contribution in [3.8, 4) is 33.9 Å². The van der Waals surface area contributed by atoms with Crippen molar-refractivity contribution < 1.29 is 8.78 Å². The van der Waals surface area contributed by atoms with Crippen LogP contribution in [0, 0.1) is 11.6 Å². The summed E-state index contributed by atoms with van der Waals surface area (Å²) in [5.74, 6) is -0.282. The van der Waals surface area contributed by atoms with E-state index in [1.807, 2.05) is 0 Å². The lowest BCUT2D eigenvalue weighted by molar-refractivity contribution is 0.631. The van der Waals surface area contributed by atoms with E-state index >= 15 is 0 Å². The van der Waals surface area contributed by atoms with Gasteiger partial charge in [0.05, 0.1) is 11.0 Å². The van der Waals surface area contributed by atoms with Gasteiger partial charge in [-0.05, 0) is 30.3 Å². The molecule has 0 unspecified atom stereocenters. The third-order valence-electron chi connectivity index (χ3n) is 5.38. The number of halogens is 2. The Morgan fingerprint density at radius 1 is 0.781 bits per heavy atom. The van der Waals surface area contributed by atoms with Crippen molar-refractivity contribution >= 4 is 21.9 Å². The fourth-order valence-electron chi connectivity index (χ4n) is 3.86. The summed E-state index contributed by atoms with van der Waals surface area (Å²) < 4.78 is 29.1. The van der Waals surface area contributed by atoms with E-state index in [4.69, 9.17) is 0 Å². The topological polar surface area (TPSA) is 83.1 Å². The number of rotatable bonds is 3. The van der Waals surface area contributed by atoms with Gasteiger partial charge in [0.2, 0.25) is 0 Å². The summed E-state index contributed by atoms with van der Waals surface area (Å²) >= 11 is 0. The Balaban J connectivity index is 1.55. The van der Waals surface area contributed by atoms with Crippen LogP contribution in [-0.2, 0) is 0 Å². The number of aromatic nitrogens is 6. The van der Waals surface area contributed by atoms with Crippen LogP contribution in [-0.4, -0.2) is 30.1 Å². The highest BCUT2D eigenvalue weighted by Gasteiger charge is 2.19. The highest BCUT2D eigenvalue weighted by atomic mass is 19.1. The molecule has 6 rings (SSSR count). The number of H-pyrrole nitrogens is 2. The molecule has 8 heteroatoms. The van der Waals surface area contributed by atoms with Crippen molar-refractivity contribution in [1.82, 2.24) is 30.1 Å². The minimum Gasteiger partial charge on any atom is -0.336 e. The quantitative estimate of drug-likeness (QED) is 0.393. The number of aromatic amines is 2. The Bertz CT molecular complexity index is 1600. The monoisotopic (exact) mass is 424 g/mol. The van der Waals surface area contributed by atoms with Crippen molar-refractivity contribution in [2.24, 2.45) is 0 Å². The minimum absolute atomic E-state index is 0.365. The minimum atomic E-state index is -0.378.